The average Bonchev–Trinajstić information content (AvgIpc) is 3.23. The zero-order valence-electron chi connectivity index (χ0n) is 17.4. The lowest BCUT2D eigenvalue weighted by Gasteiger charge is -2.23. The van der Waals surface area contributed by atoms with E-state index in [9.17, 15) is 9.59 Å². The van der Waals surface area contributed by atoms with Crippen LogP contribution in [0.4, 0.5) is 0 Å². The maximum atomic E-state index is 13.5. The fourth-order valence-electron chi connectivity index (χ4n) is 3.87. The monoisotopic (exact) mass is 419 g/mol. The lowest BCUT2D eigenvalue weighted by molar-refractivity contribution is -0.125. The van der Waals surface area contributed by atoms with Crippen LogP contribution in [0.25, 0.3) is 10.8 Å². The van der Waals surface area contributed by atoms with Gasteiger partial charge in [0, 0.05) is 31.7 Å². The van der Waals surface area contributed by atoms with Crippen molar-refractivity contribution in [1.82, 2.24) is 15.2 Å². The number of amides is 2. The van der Waals surface area contributed by atoms with Crippen molar-refractivity contribution in [2.45, 2.75) is 18.6 Å². The van der Waals surface area contributed by atoms with Crippen LogP contribution in [-0.4, -0.2) is 60.7 Å². The van der Waals surface area contributed by atoms with Crippen LogP contribution in [-0.2, 0) is 9.53 Å². The van der Waals surface area contributed by atoms with Crippen LogP contribution in [0, 0.1) is 0 Å². The fraction of sp³-hybridized carbons (Fsp3) is 0.292. The molecular weight excluding hydrogens is 394 g/mol. The predicted molar refractivity (Wildman–Crippen MR) is 117 cm³/mol. The second-order valence-electron chi connectivity index (χ2n) is 7.43. The van der Waals surface area contributed by atoms with Crippen molar-refractivity contribution < 1.29 is 19.1 Å². The van der Waals surface area contributed by atoms with Gasteiger partial charge in [0.15, 0.2) is 0 Å². The molecule has 4 rings (SSSR count). The highest BCUT2D eigenvalue weighted by atomic mass is 16.5. The number of likely N-dealkylation sites (tertiary alicyclic amines) is 1. The van der Waals surface area contributed by atoms with E-state index >= 15 is 0 Å². The number of carbonyl (C=O) groups excluding carboxylic acids is 2. The molecule has 2 aromatic carbocycles. The highest BCUT2D eigenvalue weighted by molar-refractivity contribution is 6.06. The topological polar surface area (TPSA) is 80.8 Å². The van der Waals surface area contributed by atoms with Crippen LogP contribution in [0.2, 0.25) is 0 Å². The summed E-state index contributed by atoms with van der Waals surface area (Å²) >= 11 is 0. The largest absolute Gasteiger partial charge is 0.488 e. The van der Waals surface area contributed by atoms with Crippen LogP contribution in [0.1, 0.15) is 16.9 Å². The molecule has 1 aliphatic heterocycles. The van der Waals surface area contributed by atoms with Crippen molar-refractivity contribution in [2.75, 3.05) is 26.8 Å². The highest BCUT2D eigenvalue weighted by Gasteiger charge is 2.41. The van der Waals surface area contributed by atoms with Crippen molar-refractivity contribution in [2.24, 2.45) is 0 Å². The zero-order valence-corrected chi connectivity index (χ0v) is 17.4. The molecule has 1 saturated heterocycles. The first-order chi connectivity index (χ1) is 15.2. The molecule has 2 unspecified atom stereocenters. The van der Waals surface area contributed by atoms with Crippen LogP contribution in [0.15, 0.2) is 66.9 Å². The first-order valence-corrected chi connectivity index (χ1v) is 10.3. The van der Waals surface area contributed by atoms with Crippen molar-refractivity contribution >= 4 is 22.6 Å². The van der Waals surface area contributed by atoms with Gasteiger partial charge >= 0.3 is 0 Å². The Hall–Kier alpha value is -3.45. The molecule has 160 valence electrons. The van der Waals surface area contributed by atoms with Crippen molar-refractivity contribution in [1.29, 1.82) is 0 Å². The molecule has 0 spiro atoms. The van der Waals surface area contributed by atoms with E-state index in [1.807, 2.05) is 60.7 Å². The molecule has 2 amide bonds. The molecule has 0 bridgehead atoms. The number of rotatable bonds is 7. The van der Waals surface area contributed by atoms with E-state index in [2.05, 4.69) is 10.3 Å². The van der Waals surface area contributed by atoms with Crippen LogP contribution in [0.3, 0.4) is 0 Å². The first-order valence-electron chi connectivity index (χ1n) is 10.3. The minimum absolute atomic E-state index is 0.218. The third-order valence-corrected chi connectivity index (χ3v) is 5.35. The minimum Gasteiger partial charge on any atom is -0.488 e. The number of para-hydroxylation sites is 1. The van der Waals surface area contributed by atoms with Gasteiger partial charge in [0.25, 0.3) is 5.91 Å². The second kappa shape index (κ2) is 9.57. The van der Waals surface area contributed by atoms with Gasteiger partial charge in [0.1, 0.15) is 23.6 Å². The Morgan fingerprint density at radius 2 is 1.87 bits per heavy atom. The number of nitrogens with zero attached hydrogens (tertiary/aromatic N) is 2. The Morgan fingerprint density at radius 3 is 2.68 bits per heavy atom. The van der Waals surface area contributed by atoms with E-state index < -0.39 is 6.04 Å². The van der Waals surface area contributed by atoms with Crippen LogP contribution in [0.5, 0.6) is 5.75 Å². The minimum atomic E-state index is -0.640. The van der Waals surface area contributed by atoms with Gasteiger partial charge in [-0.25, -0.2) is 0 Å². The lowest BCUT2D eigenvalue weighted by atomic mass is 10.1. The summed E-state index contributed by atoms with van der Waals surface area (Å²) < 4.78 is 11.1. The molecule has 0 saturated carbocycles. The van der Waals surface area contributed by atoms with Crippen molar-refractivity contribution in [3.05, 3.63) is 72.6 Å². The highest BCUT2D eigenvalue weighted by Crippen LogP contribution is 2.26. The Bertz CT molecular complexity index is 1050. The molecule has 3 aromatic rings. The van der Waals surface area contributed by atoms with Gasteiger partial charge in [-0.1, -0.05) is 42.5 Å². The summed E-state index contributed by atoms with van der Waals surface area (Å²) in [5.74, 6) is 0.219. The van der Waals surface area contributed by atoms with Gasteiger partial charge in [-0.3, -0.25) is 14.6 Å². The van der Waals surface area contributed by atoms with E-state index in [-0.39, 0.29) is 17.9 Å². The fourth-order valence-corrected chi connectivity index (χ4v) is 3.87. The molecule has 7 nitrogen and oxygen atoms in total. The number of benzene rings is 2. The van der Waals surface area contributed by atoms with Crippen LogP contribution >= 0.6 is 0 Å². The predicted octanol–water partition coefficient (Wildman–Crippen LogP) is 2.66. The molecule has 1 N–H and O–H groups in total. The van der Waals surface area contributed by atoms with E-state index in [4.69, 9.17) is 9.47 Å². The van der Waals surface area contributed by atoms with Gasteiger partial charge in [0.05, 0.1) is 13.2 Å². The number of methoxy groups -OCH3 is 1. The number of carbonyl (C=O) groups is 2. The number of pyridine rings is 1. The number of aromatic nitrogens is 1. The Balaban J connectivity index is 1.59. The van der Waals surface area contributed by atoms with Gasteiger partial charge in [-0.05, 0) is 23.6 Å². The lowest BCUT2D eigenvalue weighted by Crippen LogP contribution is -2.46. The first kappa shape index (κ1) is 20.8. The van der Waals surface area contributed by atoms with E-state index in [0.717, 1.165) is 10.8 Å². The molecule has 1 fully saturated rings. The SMILES string of the molecule is COCCNC(=O)C1CC(Oc2ccccc2)CN1C(=O)c1nccc2ccccc12. The van der Waals surface area contributed by atoms with Gasteiger partial charge < -0.3 is 19.7 Å². The molecule has 2 atom stereocenters. The van der Waals surface area contributed by atoms with Gasteiger partial charge in [-0.2, -0.15) is 0 Å². The Kier molecular flexibility index (Phi) is 6.43. The number of ether oxygens (including phenoxy) is 2. The van der Waals surface area contributed by atoms with E-state index in [0.29, 0.717) is 37.6 Å². The van der Waals surface area contributed by atoms with Crippen LogP contribution < -0.4 is 10.1 Å². The second-order valence-corrected chi connectivity index (χ2v) is 7.43. The molecule has 7 heteroatoms. The van der Waals surface area contributed by atoms with Crippen molar-refractivity contribution in [3.63, 3.8) is 0 Å². The standard InChI is InChI=1S/C24H25N3O4/c1-30-14-13-26-23(28)21-15-19(31-18-8-3-2-4-9-18)16-27(21)24(29)22-20-10-6-5-7-17(20)11-12-25-22/h2-12,19,21H,13-16H2,1H3,(H,26,28). The number of nitrogens with one attached hydrogen (secondary N) is 1. The Labute approximate surface area is 181 Å². The molecular formula is C24H25N3O4. The zero-order chi connectivity index (χ0) is 21.6. The quantitative estimate of drug-likeness (QED) is 0.596. The summed E-state index contributed by atoms with van der Waals surface area (Å²) in [6.07, 6.45) is 1.74. The summed E-state index contributed by atoms with van der Waals surface area (Å²) in [5.41, 5.74) is 0.341. The van der Waals surface area contributed by atoms with Gasteiger partial charge in [0.2, 0.25) is 5.91 Å². The molecule has 0 radical (unpaired) electrons. The molecule has 31 heavy (non-hydrogen) atoms. The van der Waals surface area contributed by atoms with Gasteiger partial charge in [-0.15, -0.1) is 0 Å². The summed E-state index contributed by atoms with van der Waals surface area (Å²) in [6.45, 7) is 1.09. The molecule has 1 aliphatic rings. The van der Waals surface area contributed by atoms with E-state index in [1.54, 1.807) is 18.2 Å². The summed E-state index contributed by atoms with van der Waals surface area (Å²) in [7, 11) is 1.58. The third kappa shape index (κ3) is 4.67. The summed E-state index contributed by atoms with van der Waals surface area (Å²) in [5, 5.41) is 4.54. The smallest absolute Gasteiger partial charge is 0.273 e. The average molecular weight is 419 g/mol. The van der Waals surface area contributed by atoms with E-state index in [1.165, 1.54) is 0 Å². The number of hydrogen-bond acceptors (Lipinski definition) is 5. The molecule has 2 heterocycles. The Morgan fingerprint density at radius 1 is 1.10 bits per heavy atom. The normalized spacial score (nSPS) is 18.2. The molecule has 1 aromatic heterocycles. The third-order valence-electron chi connectivity index (χ3n) is 5.35. The number of hydrogen-bond donors (Lipinski definition) is 1. The maximum Gasteiger partial charge on any atom is 0.273 e. The molecule has 0 aliphatic carbocycles. The summed E-state index contributed by atoms with van der Waals surface area (Å²) in [4.78, 5) is 32.3. The number of fused-ring (bicyclic) bond motifs is 1. The summed E-state index contributed by atoms with van der Waals surface area (Å²) in [6, 6.07) is 18.3. The maximum absolute atomic E-state index is 13.5. The van der Waals surface area contributed by atoms with Crippen molar-refractivity contribution in [3.8, 4) is 5.75 Å².